The summed E-state index contributed by atoms with van der Waals surface area (Å²) in [6.45, 7) is 0. The lowest BCUT2D eigenvalue weighted by molar-refractivity contribution is 0.0699. The summed E-state index contributed by atoms with van der Waals surface area (Å²) in [5, 5.41) is 15.6. The smallest absolute Gasteiger partial charge is 0.336 e. The molecule has 0 unspecified atom stereocenters. The molecule has 0 aliphatic rings. The molecule has 0 aliphatic heterocycles. The number of fused-ring (bicyclic) bond motifs is 4. The van der Waals surface area contributed by atoms with Gasteiger partial charge in [-0.1, -0.05) is 48.5 Å². The van der Waals surface area contributed by atoms with E-state index in [1.807, 2.05) is 24.3 Å². The van der Waals surface area contributed by atoms with E-state index in [1.54, 1.807) is 12.1 Å². The van der Waals surface area contributed by atoms with Crippen LogP contribution in [0.15, 0.2) is 66.7 Å². The highest BCUT2D eigenvalue weighted by Gasteiger charge is 2.11. The number of carbonyl (C=O) groups is 1. The zero-order valence-electron chi connectivity index (χ0n) is 11.2. The molecule has 0 atom stereocenters. The topological polar surface area (TPSA) is 37.3 Å². The molecule has 1 N–H and O–H groups in total. The predicted molar refractivity (Wildman–Crippen MR) is 85.9 cm³/mol. The number of aromatic carboxylic acids is 1. The van der Waals surface area contributed by atoms with Crippen molar-refractivity contribution in [2.75, 3.05) is 0 Å². The van der Waals surface area contributed by atoms with Crippen molar-refractivity contribution in [1.82, 2.24) is 0 Å². The van der Waals surface area contributed by atoms with Gasteiger partial charge in [0.1, 0.15) is 0 Å². The van der Waals surface area contributed by atoms with Crippen molar-refractivity contribution in [3.05, 3.63) is 72.3 Å². The Balaban J connectivity index is 2.26. The van der Waals surface area contributed by atoms with E-state index in [2.05, 4.69) is 30.3 Å². The molecule has 4 aromatic rings. The summed E-state index contributed by atoms with van der Waals surface area (Å²) >= 11 is 0. The van der Waals surface area contributed by atoms with Crippen molar-refractivity contribution < 1.29 is 9.90 Å². The minimum absolute atomic E-state index is 0.355. The van der Waals surface area contributed by atoms with Crippen LogP contribution in [0.2, 0.25) is 0 Å². The normalized spacial score (nSPS) is 11.2. The molecule has 2 nitrogen and oxygen atoms in total. The molecule has 0 bridgehead atoms. The molecule has 0 saturated heterocycles. The summed E-state index contributed by atoms with van der Waals surface area (Å²) in [5.74, 6) is -0.888. The van der Waals surface area contributed by atoms with Gasteiger partial charge in [0.2, 0.25) is 0 Å². The summed E-state index contributed by atoms with van der Waals surface area (Å²) in [5.41, 5.74) is 0.355. The molecular weight excluding hydrogens is 260 g/mol. The molecule has 0 spiro atoms. The molecule has 0 radical (unpaired) electrons. The lowest BCUT2D eigenvalue weighted by Crippen LogP contribution is -1.97. The fourth-order valence-electron chi connectivity index (χ4n) is 2.98. The van der Waals surface area contributed by atoms with Gasteiger partial charge in [0, 0.05) is 5.39 Å². The van der Waals surface area contributed by atoms with Crippen molar-refractivity contribution in [2.45, 2.75) is 0 Å². The average Bonchev–Trinajstić information content (AvgIpc) is 2.52. The van der Waals surface area contributed by atoms with Gasteiger partial charge in [-0.05, 0) is 45.1 Å². The van der Waals surface area contributed by atoms with Crippen molar-refractivity contribution in [2.24, 2.45) is 0 Å². The largest absolute Gasteiger partial charge is 0.478 e. The maximum atomic E-state index is 11.5. The maximum Gasteiger partial charge on any atom is 0.336 e. The van der Waals surface area contributed by atoms with E-state index in [0.717, 1.165) is 32.3 Å². The predicted octanol–water partition coefficient (Wildman–Crippen LogP) is 4.84. The molecule has 0 heterocycles. The molecule has 0 aliphatic carbocycles. The van der Waals surface area contributed by atoms with Crippen molar-refractivity contribution in [3.8, 4) is 0 Å². The maximum absolute atomic E-state index is 11.5. The highest BCUT2D eigenvalue weighted by atomic mass is 16.4. The van der Waals surface area contributed by atoms with Crippen LogP contribution in [0, 0.1) is 0 Å². The first kappa shape index (κ1) is 11.9. The van der Waals surface area contributed by atoms with Crippen LogP contribution < -0.4 is 0 Å². The zero-order valence-corrected chi connectivity index (χ0v) is 11.2. The third-order valence-electron chi connectivity index (χ3n) is 3.96. The Morgan fingerprint density at radius 2 is 1.38 bits per heavy atom. The van der Waals surface area contributed by atoms with Crippen molar-refractivity contribution in [1.29, 1.82) is 0 Å². The molecule has 0 aromatic heterocycles. The van der Waals surface area contributed by atoms with E-state index < -0.39 is 5.97 Å². The van der Waals surface area contributed by atoms with Crippen LogP contribution in [0.4, 0.5) is 0 Å². The fraction of sp³-hybridized carbons (Fsp3) is 0. The lowest BCUT2D eigenvalue weighted by Gasteiger charge is -2.09. The fourth-order valence-corrected chi connectivity index (χ4v) is 2.98. The number of hydrogen-bond donors (Lipinski definition) is 1. The third kappa shape index (κ3) is 1.77. The molecule has 0 fully saturated rings. The van der Waals surface area contributed by atoms with Gasteiger partial charge in [-0.15, -0.1) is 0 Å². The van der Waals surface area contributed by atoms with Crippen molar-refractivity contribution >= 4 is 38.3 Å². The number of benzene rings is 4. The molecule has 2 heteroatoms. The van der Waals surface area contributed by atoms with E-state index in [4.69, 9.17) is 0 Å². The lowest BCUT2D eigenvalue weighted by atomic mass is 9.95. The van der Waals surface area contributed by atoms with Crippen LogP contribution in [0.1, 0.15) is 10.4 Å². The molecule has 4 rings (SSSR count). The van der Waals surface area contributed by atoms with E-state index in [9.17, 15) is 9.90 Å². The first-order valence-corrected chi connectivity index (χ1v) is 6.81. The molecule has 4 aromatic carbocycles. The Hall–Kier alpha value is -2.87. The summed E-state index contributed by atoms with van der Waals surface area (Å²) in [4.78, 5) is 11.5. The Labute approximate surface area is 121 Å². The summed E-state index contributed by atoms with van der Waals surface area (Å²) in [6, 6.07) is 21.8. The Bertz CT molecular complexity index is 1020. The average molecular weight is 272 g/mol. The van der Waals surface area contributed by atoms with Gasteiger partial charge in [-0.3, -0.25) is 0 Å². The van der Waals surface area contributed by atoms with Crippen LogP contribution in [-0.2, 0) is 0 Å². The van der Waals surface area contributed by atoms with Crippen LogP contribution in [0.5, 0.6) is 0 Å². The van der Waals surface area contributed by atoms with Gasteiger partial charge in [-0.2, -0.15) is 0 Å². The Morgan fingerprint density at radius 3 is 2.14 bits per heavy atom. The quantitative estimate of drug-likeness (QED) is 0.397. The Morgan fingerprint density at radius 1 is 0.714 bits per heavy atom. The summed E-state index contributed by atoms with van der Waals surface area (Å²) < 4.78 is 0. The number of rotatable bonds is 1. The van der Waals surface area contributed by atoms with Gasteiger partial charge in [0.15, 0.2) is 0 Å². The summed E-state index contributed by atoms with van der Waals surface area (Å²) in [7, 11) is 0. The molecule has 21 heavy (non-hydrogen) atoms. The van der Waals surface area contributed by atoms with Gasteiger partial charge >= 0.3 is 5.97 Å². The van der Waals surface area contributed by atoms with Crippen LogP contribution in [0.25, 0.3) is 32.3 Å². The second-order valence-corrected chi connectivity index (χ2v) is 5.19. The summed E-state index contributed by atoms with van der Waals surface area (Å²) in [6.07, 6.45) is 0. The standard InChI is InChI=1S/C19H12O2/c20-19(21)16-7-3-6-12-8-9-15-10-13-4-1-2-5-14(13)11-17(15)18(12)16/h1-11H,(H,20,21). The monoisotopic (exact) mass is 272 g/mol. The first-order chi connectivity index (χ1) is 10.2. The molecule has 0 saturated carbocycles. The number of carboxylic acids is 1. The van der Waals surface area contributed by atoms with Crippen LogP contribution >= 0.6 is 0 Å². The molecule has 0 amide bonds. The van der Waals surface area contributed by atoms with E-state index in [-0.39, 0.29) is 0 Å². The highest BCUT2D eigenvalue weighted by Crippen LogP contribution is 2.31. The SMILES string of the molecule is O=C(O)c1cccc2ccc3cc4ccccc4cc3c12. The molecular formula is C19H12O2. The van der Waals surface area contributed by atoms with Crippen molar-refractivity contribution in [3.63, 3.8) is 0 Å². The number of hydrogen-bond acceptors (Lipinski definition) is 1. The Kier molecular flexibility index (Phi) is 2.45. The molecule has 100 valence electrons. The highest BCUT2D eigenvalue weighted by molar-refractivity contribution is 6.18. The first-order valence-electron chi connectivity index (χ1n) is 6.81. The van der Waals surface area contributed by atoms with E-state index >= 15 is 0 Å². The van der Waals surface area contributed by atoms with E-state index in [0.29, 0.717) is 5.56 Å². The van der Waals surface area contributed by atoms with Gasteiger partial charge in [-0.25, -0.2) is 4.79 Å². The third-order valence-corrected chi connectivity index (χ3v) is 3.96. The minimum Gasteiger partial charge on any atom is -0.478 e. The van der Waals surface area contributed by atoms with E-state index in [1.165, 1.54) is 0 Å². The minimum atomic E-state index is -0.888. The second kappa shape index (κ2) is 4.32. The second-order valence-electron chi connectivity index (χ2n) is 5.19. The van der Waals surface area contributed by atoms with Crippen LogP contribution in [-0.4, -0.2) is 11.1 Å². The number of carboxylic acid groups (broad SMARTS) is 1. The van der Waals surface area contributed by atoms with Gasteiger partial charge in [0.05, 0.1) is 5.56 Å². The zero-order chi connectivity index (χ0) is 14.4. The van der Waals surface area contributed by atoms with Gasteiger partial charge < -0.3 is 5.11 Å². The van der Waals surface area contributed by atoms with Crippen LogP contribution in [0.3, 0.4) is 0 Å². The van der Waals surface area contributed by atoms with Gasteiger partial charge in [0.25, 0.3) is 0 Å².